The van der Waals surface area contributed by atoms with Gasteiger partial charge in [0.15, 0.2) is 0 Å². The van der Waals surface area contributed by atoms with E-state index >= 15 is 0 Å². The Bertz CT molecular complexity index is 327. The first-order valence-electron chi connectivity index (χ1n) is 4.77. The highest BCUT2D eigenvalue weighted by Crippen LogP contribution is 2.21. The molecule has 0 spiro atoms. The van der Waals surface area contributed by atoms with Gasteiger partial charge in [-0.05, 0) is 31.4 Å². The van der Waals surface area contributed by atoms with E-state index in [1.807, 2.05) is 13.8 Å². The monoisotopic (exact) mass is 196 g/mol. The molecule has 0 saturated carbocycles. The number of halogens is 1. The molecule has 0 aromatic carbocycles. The largest absolute Gasteiger partial charge is 0.320 e. The van der Waals surface area contributed by atoms with Crippen LogP contribution >= 0.6 is 0 Å². The Labute approximate surface area is 84.3 Å². The third kappa shape index (κ3) is 2.29. The Morgan fingerprint density at radius 3 is 2.36 bits per heavy atom. The summed E-state index contributed by atoms with van der Waals surface area (Å²) in [5.74, 6) is -0.0318. The zero-order valence-electron chi connectivity index (χ0n) is 9.13. The summed E-state index contributed by atoms with van der Waals surface area (Å²) < 4.78 is 13.6. The standard InChI is InChI=1S/C11H17FN2/c1-7(2)8-5-9(12)10(14-6-8)11(3,4)13/h5-7H,13H2,1-4H3. The minimum absolute atomic E-state index is 0.284. The van der Waals surface area contributed by atoms with Gasteiger partial charge in [-0.2, -0.15) is 0 Å². The van der Waals surface area contributed by atoms with Gasteiger partial charge in [0.25, 0.3) is 0 Å². The highest BCUT2D eigenvalue weighted by atomic mass is 19.1. The second-order valence-corrected chi connectivity index (χ2v) is 4.48. The molecule has 0 unspecified atom stereocenters. The first-order chi connectivity index (χ1) is 6.32. The molecule has 0 aliphatic carbocycles. The molecule has 0 fully saturated rings. The van der Waals surface area contributed by atoms with Crippen molar-refractivity contribution in [2.75, 3.05) is 0 Å². The summed E-state index contributed by atoms with van der Waals surface area (Å²) in [5.41, 5.74) is 6.28. The summed E-state index contributed by atoms with van der Waals surface area (Å²) in [6, 6.07) is 1.52. The zero-order valence-corrected chi connectivity index (χ0v) is 9.13. The Morgan fingerprint density at radius 2 is 2.00 bits per heavy atom. The normalized spacial score (nSPS) is 12.2. The van der Waals surface area contributed by atoms with Crippen LogP contribution in [0.5, 0.6) is 0 Å². The van der Waals surface area contributed by atoms with E-state index in [0.717, 1.165) is 5.56 Å². The Kier molecular flexibility index (Phi) is 2.90. The van der Waals surface area contributed by atoms with Crippen LogP contribution in [0.25, 0.3) is 0 Å². The van der Waals surface area contributed by atoms with Crippen LogP contribution < -0.4 is 5.73 Å². The number of hydrogen-bond acceptors (Lipinski definition) is 2. The fourth-order valence-electron chi connectivity index (χ4n) is 1.24. The van der Waals surface area contributed by atoms with Crippen LogP contribution in [-0.2, 0) is 5.54 Å². The molecule has 0 bridgehead atoms. The molecule has 78 valence electrons. The smallest absolute Gasteiger partial charge is 0.146 e. The Morgan fingerprint density at radius 1 is 1.43 bits per heavy atom. The summed E-state index contributed by atoms with van der Waals surface area (Å²) in [4.78, 5) is 4.07. The minimum Gasteiger partial charge on any atom is -0.320 e. The molecule has 0 atom stereocenters. The Hall–Kier alpha value is -0.960. The average Bonchev–Trinajstić information content (AvgIpc) is 2.01. The third-order valence-corrected chi connectivity index (χ3v) is 2.14. The molecular weight excluding hydrogens is 179 g/mol. The summed E-state index contributed by atoms with van der Waals surface area (Å²) in [5, 5.41) is 0. The number of pyridine rings is 1. The highest BCUT2D eigenvalue weighted by Gasteiger charge is 2.21. The molecule has 0 aliphatic heterocycles. The van der Waals surface area contributed by atoms with Crippen molar-refractivity contribution in [3.8, 4) is 0 Å². The van der Waals surface area contributed by atoms with Crippen molar-refractivity contribution < 1.29 is 4.39 Å². The van der Waals surface area contributed by atoms with Crippen molar-refractivity contribution in [2.24, 2.45) is 5.73 Å². The predicted octanol–water partition coefficient (Wildman–Crippen LogP) is 2.54. The molecule has 2 N–H and O–H groups in total. The lowest BCUT2D eigenvalue weighted by Gasteiger charge is -2.19. The average molecular weight is 196 g/mol. The number of rotatable bonds is 2. The van der Waals surface area contributed by atoms with E-state index < -0.39 is 5.54 Å². The van der Waals surface area contributed by atoms with E-state index in [1.54, 1.807) is 20.0 Å². The molecule has 0 aliphatic rings. The lowest BCUT2D eigenvalue weighted by Crippen LogP contribution is -2.31. The molecule has 0 saturated heterocycles. The fraction of sp³-hybridized carbons (Fsp3) is 0.545. The van der Waals surface area contributed by atoms with Gasteiger partial charge in [-0.15, -0.1) is 0 Å². The van der Waals surface area contributed by atoms with E-state index in [0.29, 0.717) is 5.69 Å². The van der Waals surface area contributed by atoms with Crippen LogP contribution in [0, 0.1) is 5.82 Å². The quantitative estimate of drug-likeness (QED) is 0.789. The lowest BCUT2D eigenvalue weighted by molar-refractivity contribution is 0.480. The molecular formula is C11H17FN2. The highest BCUT2D eigenvalue weighted by molar-refractivity contribution is 5.22. The van der Waals surface area contributed by atoms with Gasteiger partial charge >= 0.3 is 0 Å². The van der Waals surface area contributed by atoms with E-state index in [-0.39, 0.29) is 11.7 Å². The van der Waals surface area contributed by atoms with Crippen LogP contribution in [-0.4, -0.2) is 4.98 Å². The van der Waals surface area contributed by atoms with E-state index in [9.17, 15) is 4.39 Å². The van der Waals surface area contributed by atoms with Gasteiger partial charge in [0.1, 0.15) is 5.82 Å². The van der Waals surface area contributed by atoms with Crippen molar-refractivity contribution in [1.82, 2.24) is 4.98 Å². The van der Waals surface area contributed by atoms with Crippen molar-refractivity contribution >= 4 is 0 Å². The SMILES string of the molecule is CC(C)c1cnc(C(C)(C)N)c(F)c1. The van der Waals surface area contributed by atoms with Gasteiger partial charge in [-0.25, -0.2) is 4.39 Å². The van der Waals surface area contributed by atoms with Crippen molar-refractivity contribution in [1.29, 1.82) is 0 Å². The summed E-state index contributed by atoms with van der Waals surface area (Å²) in [6.07, 6.45) is 1.69. The molecule has 1 rings (SSSR count). The molecule has 2 nitrogen and oxygen atoms in total. The van der Waals surface area contributed by atoms with E-state index in [2.05, 4.69) is 4.98 Å². The summed E-state index contributed by atoms with van der Waals surface area (Å²) >= 11 is 0. The fourth-order valence-corrected chi connectivity index (χ4v) is 1.24. The van der Waals surface area contributed by atoms with Crippen molar-refractivity contribution in [2.45, 2.75) is 39.2 Å². The maximum Gasteiger partial charge on any atom is 0.146 e. The van der Waals surface area contributed by atoms with E-state index in [1.165, 1.54) is 6.07 Å². The van der Waals surface area contributed by atoms with Crippen LogP contribution in [0.2, 0.25) is 0 Å². The van der Waals surface area contributed by atoms with Gasteiger partial charge in [-0.1, -0.05) is 13.8 Å². The summed E-state index contributed by atoms with van der Waals surface area (Å²) in [7, 11) is 0. The van der Waals surface area contributed by atoms with Crippen LogP contribution in [0.3, 0.4) is 0 Å². The third-order valence-electron chi connectivity index (χ3n) is 2.14. The van der Waals surface area contributed by atoms with E-state index in [4.69, 9.17) is 5.73 Å². The van der Waals surface area contributed by atoms with Gasteiger partial charge < -0.3 is 5.73 Å². The molecule has 1 heterocycles. The summed E-state index contributed by atoms with van der Waals surface area (Å²) in [6.45, 7) is 7.49. The molecule has 3 heteroatoms. The minimum atomic E-state index is -0.723. The lowest BCUT2D eigenvalue weighted by atomic mass is 9.98. The van der Waals surface area contributed by atoms with Gasteiger partial charge in [0.2, 0.25) is 0 Å². The first-order valence-corrected chi connectivity index (χ1v) is 4.77. The van der Waals surface area contributed by atoms with Gasteiger partial charge in [0.05, 0.1) is 11.2 Å². The number of nitrogens with two attached hydrogens (primary N) is 1. The molecule has 14 heavy (non-hydrogen) atoms. The number of hydrogen-bond donors (Lipinski definition) is 1. The second kappa shape index (κ2) is 3.65. The number of aromatic nitrogens is 1. The molecule has 0 radical (unpaired) electrons. The predicted molar refractivity (Wildman–Crippen MR) is 55.5 cm³/mol. The van der Waals surface area contributed by atoms with Gasteiger partial charge in [-0.3, -0.25) is 4.98 Å². The van der Waals surface area contributed by atoms with Crippen molar-refractivity contribution in [3.63, 3.8) is 0 Å². The molecule has 0 amide bonds. The van der Waals surface area contributed by atoms with Crippen molar-refractivity contribution in [3.05, 3.63) is 29.3 Å². The molecule has 1 aromatic heterocycles. The first kappa shape index (κ1) is 11.1. The van der Waals surface area contributed by atoms with Gasteiger partial charge in [0, 0.05) is 6.20 Å². The zero-order chi connectivity index (χ0) is 10.9. The topological polar surface area (TPSA) is 38.9 Å². The second-order valence-electron chi connectivity index (χ2n) is 4.48. The molecule has 1 aromatic rings. The Balaban J connectivity index is 3.15. The van der Waals surface area contributed by atoms with Crippen LogP contribution in [0.1, 0.15) is 44.9 Å². The maximum absolute atomic E-state index is 13.6. The maximum atomic E-state index is 13.6. The number of nitrogens with zero attached hydrogens (tertiary/aromatic N) is 1. The van der Waals surface area contributed by atoms with Crippen LogP contribution in [0.4, 0.5) is 4.39 Å². The van der Waals surface area contributed by atoms with Crippen LogP contribution in [0.15, 0.2) is 12.3 Å².